The maximum absolute atomic E-state index is 13.3. The van der Waals surface area contributed by atoms with Crippen molar-refractivity contribution in [1.29, 1.82) is 0 Å². The summed E-state index contributed by atoms with van der Waals surface area (Å²) in [6.07, 6.45) is 0. The predicted octanol–water partition coefficient (Wildman–Crippen LogP) is 3.74. The molecule has 0 aromatic heterocycles. The Balaban J connectivity index is 2.35. The van der Waals surface area contributed by atoms with Gasteiger partial charge in [0.05, 0.1) is 11.3 Å². The van der Waals surface area contributed by atoms with Crippen LogP contribution in [0.3, 0.4) is 0 Å². The number of aromatic carboxylic acids is 1. The Hall–Kier alpha value is -2.40. The van der Waals surface area contributed by atoms with Crippen LogP contribution in [-0.2, 0) is 0 Å². The molecule has 4 nitrogen and oxygen atoms in total. The van der Waals surface area contributed by atoms with Gasteiger partial charge in [0.25, 0.3) is 5.91 Å². The zero-order chi connectivity index (χ0) is 15.6. The first-order chi connectivity index (χ1) is 9.86. The molecule has 0 unspecified atom stereocenters. The summed E-state index contributed by atoms with van der Waals surface area (Å²) in [4.78, 5) is 23.2. The smallest absolute Gasteiger partial charge is 0.337 e. The van der Waals surface area contributed by atoms with Gasteiger partial charge in [-0.15, -0.1) is 0 Å². The molecule has 0 radical (unpaired) electrons. The van der Waals surface area contributed by atoms with Crippen molar-refractivity contribution in [2.75, 3.05) is 5.32 Å². The summed E-state index contributed by atoms with van der Waals surface area (Å²) in [5.74, 6) is -2.34. The maximum Gasteiger partial charge on any atom is 0.337 e. The molecule has 108 valence electrons. The van der Waals surface area contributed by atoms with E-state index in [0.29, 0.717) is 5.56 Å². The van der Waals surface area contributed by atoms with Crippen LogP contribution >= 0.6 is 11.6 Å². The fourth-order valence-corrected chi connectivity index (χ4v) is 2.04. The highest BCUT2D eigenvalue weighted by Crippen LogP contribution is 2.22. The number of hydrogen-bond donors (Lipinski definition) is 2. The van der Waals surface area contributed by atoms with Gasteiger partial charge >= 0.3 is 5.97 Å². The van der Waals surface area contributed by atoms with E-state index in [1.807, 2.05) is 0 Å². The minimum atomic E-state index is -1.20. The lowest BCUT2D eigenvalue weighted by atomic mass is 10.1. The van der Waals surface area contributed by atoms with Crippen LogP contribution in [0.2, 0.25) is 5.02 Å². The lowest BCUT2D eigenvalue weighted by molar-refractivity contribution is 0.0698. The first kappa shape index (κ1) is 15.0. The molecule has 0 atom stereocenters. The van der Waals surface area contributed by atoms with Crippen molar-refractivity contribution < 1.29 is 19.1 Å². The van der Waals surface area contributed by atoms with E-state index in [2.05, 4.69) is 5.32 Å². The lowest BCUT2D eigenvalue weighted by Gasteiger charge is -2.09. The first-order valence-corrected chi connectivity index (χ1v) is 6.36. The summed E-state index contributed by atoms with van der Waals surface area (Å²) in [7, 11) is 0. The number of carbonyl (C=O) groups is 2. The fourth-order valence-electron chi connectivity index (χ4n) is 1.87. The average molecular weight is 308 g/mol. The van der Waals surface area contributed by atoms with E-state index in [4.69, 9.17) is 16.7 Å². The molecule has 0 heterocycles. The van der Waals surface area contributed by atoms with Gasteiger partial charge in [-0.05, 0) is 48.9 Å². The predicted molar refractivity (Wildman–Crippen MR) is 77.5 cm³/mol. The third kappa shape index (κ3) is 3.58. The van der Waals surface area contributed by atoms with Gasteiger partial charge in [0.1, 0.15) is 5.82 Å². The second-order valence-electron chi connectivity index (χ2n) is 4.47. The molecule has 1 amide bonds. The standard InChI is InChI=1S/C15H11ClFNO3/c1-8-4-9(6-11(17)5-8)14(19)18-13-7-10(16)2-3-12(13)15(20)21/h2-7H,1H3,(H,18,19)(H,20,21). The van der Waals surface area contributed by atoms with Crippen LogP contribution in [0.1, 0.15) is 26.3 Å². The Morgan fingerprint density at radius 3 is 2.52 bits per heavy atom. The Labute approximate surface area is 125 Å². The number of halogens is 2. The van der Waals surface area contributed by atoms with Gasteiger partial charge in [0.2, 0.25) is 0 Å². The number of carboxylic acid groups (broad SMARTS) is 1. The molecule has 0 saturated heterocycles. The van der Waals surface area contributed by atoms with Crippen LogP contribution in [0.4, 0.5) is 10.1 Å². The summed E-state index contributed by atoms with van der Waals surface area (Å²) >= 11 is 5.80. The second kappa shape index (κ2) is 5.93. The second-order valence-corrected chi connectivity index (χ2v) is 4.90. The van der Waals surface area contributed by atoms with Gasteiger partial charge in [-0.25, -0.2) is 9.18 Å². The zero-order valence-electron chi connectivity index (χ0n) is 11.0. The van der Waals surface area contributed by atoms with Crippen molar-refractivity contribution in [2.45, 2.75) is 6.92 Å². The number of rotatable bonds is 3. The summed E-state index contributed by atoms with van der Waals surface area (Å²) in [6, 6.07) is 7.90. The fraction of sp³-hybridized carbons (Fsp3) is 0.0667. The molecule has 0 aliphatic heterocycles. The van der Waals surface area contributed by atoms with Crippen molar-refractivity contribution in [3.8, 4) is 0 Å². The van der Waals surface area contributed by atoms with Crippen molar-refractivity contribution in [1.82, 2.24) is 0 Å². The quantitative estimate of drug-likeness (QED) is 0.907. The molecule has 2 N–H and O–H groups in total. The molecule has 2 rings (SSSR count). The van der Waals surface area contributed by atoms with E-state index < -0.39 is 17.7 Å². The topological polar surface area (TPSA) is 66.4 Å². The van der Waals surface area contributed by atoms with Gasteiger partial charge in [-0.2, -0.15) is 0 Å². The average Bonchev–Trinajstić information content (AvgIpc) is 2.37. The van der Waals surface area contributed by atoms with Crippen LogP contribution in [0.25, 0.3) is 0 Å². The van der Waals surface area contributed by atoms with E-state index in [0.717, 1.165) is 6.07 Å². The third-order valence-corrected chi connectivity index (χ3v) is 3.00. The first-order valence-electron chi connectivity index (χ1n) is 5.98. The Morgan fingerprint density at radius 2 is 1.90 bits per heavy atom. The highest BCUT2D eigenvalue weighted by molar-refractivity contribution is 6.31. The van der Waals surface area contributed by atoms with Gasteiger partial charge < -0.3 is 10.4 Å². The number of carboxylic acids is 1. The molecule has 2 aromatic rings. The molecule has 0 aliphatic rings. The minimum Gasteiger partial charge on any atom is -0.478 e. The number of carbonyl (C=O) groups excluding carboxylic acids is 1. The van der Waals surface area contributed by atoms with Crippen molar-refractivity contribution in [3.63, 3.8) is 0 Å². The molecule has 0 fully saturated rings. The molecular weight excluding hydrogens is 297 g/mol. The van der Waals surface area contributed by atoms with Gasteiger partial charge in [0, 0.05) is 10.6 Å². The summed E-state index contributed by atoms with van der Waals surface area (Å²) < 4.78 is 13.3. The highest BCUT2D eigenvalue weighted by atomic mass is 35.5. The third-order valence-electron chi connectivity index (χ3n) is 2.76. The lowest BCUT2D eigenvalue weighted by Crippen LogP contribution is -2.15. The van der Waals surface area contributed by atoms with E-state index in [9.17, 15) is 14.0 Å². The number of nitrogens with one attached hydrogen (secondary N) is 1. The Morgan fingerprint density at radius 1 is 1.19 bits per heavy atom. The van der Waals surface area contributed by atoms with Gasteiger partial charge in [0.15, 0.2) is 0 Å². The van der Waals surface area contributed by atoms with E-state index in [-0.39, 0.29) is 21.8 Å². The Bertz CT molecular complexity index is 711. The van der Waals surface area contributed by atoms with Crippen LogP contribution in [0, 0.1) is 12.7 Å². The number of benzene rings is 2. The monoisotopic (exact) mass is 307 g/mol. The SMILES string of the molecule is Cc1cc(F)cc(C(=O)Nc2cc(Cl)ccc2C(=O)O)c1. The summed E-state index contributed by atoms with van der Waals surface area (Å²) in [5, 5.41) is 11.8. The number of aryl methyl sites for hydroxylation is 1. The summed E-state index contributed by atoms with van der Waals surface area (Å²) in [5.41, 5.74) is 0.649. The van der Waals surface area contributed by atoms with E-state index >= 15 is 0 Å². The molecule has 6 heteroatoms. The molecular formula is C15H11ClFNO3. The van der Waals surface area contributed by atoms with Crippen LogP contribution in [0.15, 0.2) is 36.4 Å². The number of anilines is 1. The highest BCUT2D eigenvalue weighted by Gasteiger charge is 2.15. The van der Waals surface area contributed by atoms with E-state index in [1.165, 1.54) is 30.3 Å². The Kier molecular flexibility index (Phi) is 4.23. The van der Waals surface area contributed by atoms with Crippen molar-refractivity contribution in [2.24, 2.45) is 0 Å². The molecule has 0 saturated carbocycles. The van der Waals surface area contributed by atoms with Crippen molar-refractivity contribution in [3.05, 3.63) is 63.9 Å². The molecule has 21 heavy (non-hydrogen) atoms. The number of hydrogen-bond acceptors (Lipinski definition) is 2. The van der Waals surface area contributed by atoms with E-state index in [1.54, 1.807) is 6.92 Å². The maximum atomic E-state index is 13.3. The number of amides is 1. The van der Waals surface area contributed by atoms with Gasteiger partial charge in [-0.1, -0.05) is 11.6 Å². The van der Waals surface area contributed by atoms with Crippen LogP contribution in [-0.4, -0.2) is 17.0 Å². The molecule has 2 aromatic carbocycles. The van der Waals surface area contributed by atoms with Crippen molar-refractivity contribution >= 4 is 29.2 Å². The molecule has 0 aliphatic carbocycles. The summed E-state index contributed by atoms with van der Waals surface area (Å²) in [6.45, 7) is 1.65. The normalized spacial score (nSPS) is 10.2. The zero-order valence-corrected chi connectivity index (χ0v) is 11.7. The largest absolute Gasteiger partial charge is 0.478 e. The minimum absolute atomic E-state index is 0.0573. The molecule has 0 spiro atoms. The van der Waals surface area contributed by atoms with Crippen LogP contribution in [0.5, 0.6) is 0 Å². The van der Waals surface area contributed by atoms with Crippen LogP contribution < -0.4 is 5.32 Å². The molecule has 0 bridgehead atoms. The van der Waals surface area contributed by atoms with Gasteiger partial charge in [-0.3, -0.25) is 4.79 Å².